The molecule has 1 aromatic carbocycles. The van der Waals surface area contributed by atoms with Crippen molar-refractivity contribution in [2.24, 2.45) is 5.41 Å². The van der Waals surface area contributed by atoms with Crippen LogP contribution in [-0.2, 0) is 0 Å². The van der Waals surface area contributed by atoms with Gasteiger partial charge in [0.15, 0.2) is 0 Å². The van der Waals surface area contributed by atoms with Crippen molar-refractivity contribution in [3.05, 3.63) is 30.3 Å². The summed E-state index contributed by atoms with van der Waals surface area (Å²) in [7, 11) is 0. The predicted molar refractivity (Wildman–Crippen MR) is 71.2 cm³/mol. The van der Waals surface area contributed by atoms with E-state index >= 15 is 0 Å². The van der Waals surface area contributed by atoms with Crippen molar-refractivity contribution < 1.29 is 10.2 Å². The summed E-state index contributed by atoms with van der Waals surface area (Å²) >= 11 is 0. The summed E-state index contributed by atoms with van der Waals surface area (Å²) in [6.45, 7) is 2.77. The third-order valence-electron chi connectivity index (χ3n) is 2.95. The van der Waals surface area contributed by atoms with Gasteiger partial charge in [0.1, 0.15) is 0 Å². The van der Waals surface area contributed by atoms with Crippen LogP contribution in [0.4, 0.5) is 5.69 Å². The van der Waals surface area contributed by atoms with Gasteiger partial charge in [0, 0.05) is 24.2 Å². The molecule has 98 valence electrons. The lowest BCUT2D eigenvalue weighted by atomic mass is 9.92. The Balaban J connectivity index is 2.83. The van der Waals surface area contributed by atoms with Gasteiger partial charge in [0.25, 0.3) is 0 Å². The van der Waals surface area contributed by atoms with E-state index in [4.69, 9.17) is 5.26 Å². The van der Waals surface area contributed by atoms with E-state index < -0.39 is 5.41 Å². The van der Waals surface area contributed by atoms with E-state index in [1.807, 2.05) is 42.2 Å². The molecule has 2 N–H and O–H groups in total. The first-order chi connectivity index (χ1) is 8.65. The second-order valence-electron chi connectivity index (χ2n) is 4.79. The van der Waals surface area contributed by atoms with E-state index in [1.54, 1.807) is 0 Å². The van der Waals surface area contributed by atoms with E-state index in [1.165, 1.54) is 0 Å². The third kappa shape index (κ3) is 4.02. The van der Waals surface area contributed by atoms with Crippen molar-refractivity contribution in [1.29, 1.82) is 5.26 Å². The number of hydrogen-bond donors (Lipinski definition) is 2. The fourth-order valence-electron chi connectivity index (χ4n) is 1.73. The predicted octanol–water partition coefficient (Wildman–Crippen LogP) is 1.40. The minimum Gasteiger partial charge on any atom is -0.396 e. The van der Waals surface area contributed by atoms with Gasteiger partial charge in [-0.2, -0.15) is 5.26 Å². The molecule has 0 aliphatic rings. The maximum absolute atomic E-state index is 9.35. The Morgan fingerprint density at radius 2 is 1.83 bits per heavy atom. The fourth-order valence-corrected chi connectivity index (χ4v) is 1.73. The number of nitriles is 1. The second-order valence-corrected chi connectivity index (χ2v) is 4.79. The zero-order valence-electron chi connectivity index (χ0n) is 10.7. The molecule has 0 heterocycles. The molecule has 1 rings (SSSR count). The quantitative estimate of drug-likeness (QED) is 0.765. The molecule has 0 fully saturated rings. The summed E-state index contributed by atoms with van der Waals surface area (Å²) in [4.78, 5) is 2.02. The van der Waals surface area contributed by atoms with E-state index in [9.17, 15) is 10.2 Å². The van der Waals surface area contributed by atoms with Crippen molar-refractivity contribution >= 4 is 5.69 Å². The highest BCUT2D eigenvalue weighted by Crippen LogP contribution is 2.22. The van der Waals surface area contributed by atoms with Gasteiger partial charge in [0.05, 0.1) is 25.7 Å². The molecule has 0 radical (unpaired) electrons. The van der Waals surface area contributed by atoms with Gasteiger partial charge in [-0.25, -0.2) is 0 Å². The maximum atomic E-state index is 9.35. The molecule has 4 nitrogen and oxygen atoms in total. The molecule has 0 saturated heterocycles. The molecule has 4 heteroatoms. The largest absolute Gasteiger partial charge is 0.396 e. The fraction of sp³-hybridized carbons (Fsp3) is 0.500. The standard InChI is InChI=1S/C14H20N2O2/c1-14(11-17,12-18)10-16(9-5-8-15)13-6-3-2-4-7-13/h2-4,6-7,17-18H,5,9-12H2,1H3. The Kier molecular flexibility index (Phi) is 5.63. The molecular weight excluding hydrogens is 228 g/mol. The lowest BCUT2D eigenvalue weighted by Crippen LogP contribution is -2.41. The van der Waals surface area contributed by atoms with Crippen LogP contribution in [0.5, 0.6) is 0 Å². The minimum absolute atomic E-state index is 0.0839. The molecule has 0 spiro atoms. The molecule has 0 bridgehead atoms. The zero-order valence-corrected chi connectivity index (χ0v) is 10.7. The first-order valence-electron chi connectivity index (χ1n) is 6.04. The van der Waals surface area contributed by atoms with Crippen molar-refractivity contribution in [1.82, 2.24) is 0 Å². The smallest absolute Gasteiger partial charge is 0.0640 e. The number of anilines is 1. The molecule has 0 saturated carbocycles. The van der Waals surface area contributed by atoms with Crippen LogP contribution in [-0.4, -0.2) is 36.5 Å². The Morgan fingerprint density at radius 3 is 2.33 bits per heavy atom. The van der Waals surface area contributed by atoms with Crippen LogP contribution in [0.15, 0.2) is 30.3 Å². The molecule has 0 aliphatic heterocycles. The molecule has 18 heavy (non-hydrogen) atoms. The van der Waals surface area contributed by atoms with Gasteiger partial charge in [-0.3, -0.25) is 0 Å². The summed E-state index contributed by atoms with van der Waals surface area (Å²) in [5.74, 6) is 0. The number of para-hydroxylation sites is 1. The van der Waals surface area contributed by atoms with Crippen LogP contribution >= 0.6 is 0 Å². The molecule has 0 unspecified atom stereocenters. The maximum Gasteiger partial charge on any atom is 0.0640 e. The van der Waals surface area contributed by atoms with Crippen molar-refractivity contribution in [3.8, 4) is 6.07 Å². The van der Waals surface area contributed by atoms with Gasteiger partial charge >= 0.3 is 0 Å². The number of nitrogens with zero attached hydrogens (tertiary/aromatic N) is 2. The molecule has 0 aromatic heterocycles. The third-order valence-corrected chi connectivity index (χ3v) is 2.95. The van der Waals surface area contributed by atoms with Gasteiger partial charge in [-0.05, 0) is 12.1 Å². The summed E-state index contributed by atoms with van der Waals surface area (Å²) < 4.78 is 0. The topological polar surface area (TPSA) is 67.5 Å². The number of hydrogen-bond acceptors (Lipinski definition) is 4. The number of rotatable bonds is 7. The van der Waals surface area contributed by atoms with Crippen LogP contribution in [0.3, 0.4) is 0 Å². The van der Waals surface area contributed by atoms with Gasteiger partial charge in [0.2, 0.25) is 0 Å². The molecule has 0 aliphatic carbocycles. The van der Waals surface area contributed by atoms with Crippen LogP contribution in [0.1, 0.15) is 13.3 Å². The van der Waals surface area contributed by atoms with Crippen LogP contribution in [0.2, 0.25) is 0 Å². The summed E-state index contributed by atoms with van der Waals surface area (Å²) in [6, 6.07) is 11.9. The SMILES string of the molecule is CC(CO)(CO)CN(CCC#N)c1ccccc1. The van der Waals surface area contributed by atoms with Crippen molar-refractivity contribution in [3.63, 3.8) is 0 Å². The molecule has 0 atom stereocenters. The average molecular weight is 248 g/mol. The molecule has 0 amide bonds. The van der Waals surface area contributed by atoms with E-state index in [2.05, 4.69) is 6.07 Å². The Bertz CT molecular complexity index is 383. The first kappa shape index (κ1) is 14.5. The zero-order chi connectivity index (χ0) is 13.4. The Hall–Kier alpha value is -1.57. The minimum atomic E-state index is -0.564. The van der Waals surface area contributed by atoms with E-state index in [0.29, 0.717) is 19.5 Å². The summed E-state index contributed by atoms with van der Waals surface area (Å²) in [5, 5.41) is 27.4. The molecular formula is C14H20N2O2. The van der Waals surface area contributed by atoms with E-state index in [0.717, 1.165) is 5.69 Å². The lowest BCUT2D eigenvalue weighted by molar-refractivity contribution is 0.0754. The number of benzene rings is 1. The highest BCUT2D eigenvalue weighted by molar-refractivity contribution is 5.46. The summed E-state index contributed by atoms with van der Waals surface area (Å²) in [5.41, 5.74) is 0.437. The Morgan fingerprint density at radius 1 is 1.22 bits per heavy atom. The second kappa shape index (κ2) is 7.00. The summed E-state index contributed by atoms with van der Waals surface area (Å²) in [6.07, 6.45) is 0.418. The highest BCUT2D eigenvalue weighted by Gasteiger charge is 2.25. The van der Waals surface area contributed by atoms with Crippen LogP contribution in [0, 0.1) is 16.7 Å². The first-order valence-corrected chi connectivity index (χ1v) is 6.04. The van der Waals surface area contributed by atoms with Crippen molar-refractivity contribution in [2.45, 2.75) is 13.3 Å². The van der Waals surface area contributed by atoms with Gasteiger partial charge in [-0.1, -0.05) is 25.1 Å². The normalized spacial score (nSPS) is 11.0. The monoisotopic (exact) mass is 248 g/mol. The van der Waals surface area contributed by atoms with Crippen molar-refractivity contribution in [2.75, 3.05) is 31.2 Å². The lowest BCUT2D eigenvalue weighted by Gasteiger charge is -2.34. The van der Waals surface area contributed by atoms with Crippen LogP contribution in [0.25, 0.3) is 0 Å². The molecule has 1 aromatic rings. The van der Waals surface area contributed by atoms with Crippen LogP contribution < -0.4 is 4.90 Å². The van der Waals surface area contributed by atoms with Gasteiger partial charge in [-0.15, -0.1) is 0 Å². The Labute approximate surface area is 108 Å². The number of aliphatic hydroxyl groups is 2. The van der Waals surface area contributed by atoms with E-state index in [-0.39, 0.29) is 13.2 Å². The number of aliphatic hydroxyl groups excluding tert-OH is 2. The average Bonchev–Trinajstić information content (AvgIpc) is 2.44. The highest BCUT2D eigenvalue weighted by atomic mass is 16.3. The van der Waals surface area contributed by atoms with Gasteiger partial charge < -0.3 is 15.1 Å².